The highest BCUT2D eigenvalue weighted by Crippen LogP contribution is 2.23. The van der Waals surface area contributed by atoms with Gasteiger partial charge in [-0.3, -0.25) is 4.79 Å². The van der Waals surface area contributed by atoms with Crippen molar-refractivity contribution < 1.29 is 14.3 Å². The fourth-order valence-corrected chi connectivity index (χ4v) is 2.32. The van der Waals surface area contributed by atoms with Gasteiger partial charge in [0.25, 0.3) is 5.91 Å². The van der Waals surface area contributed by atoms with E-state index in [9.17, 15) is 4.79 Å². The molecule has 0 saturated heterocycles. The predicted octanol–water partition coefficient (Wildman–Crippen LogP) is 3.55. The van der Waals surface area contributed by atoms with Crippen LogP contribution in [-0.4, -0.2) is 30.1 Å². The monoisotopic (exact) mass is 343 g/mol. The maximum Gasteiger partial charge on any atom is 0.257 e. The fourth-order valence-electron chi connectivity index (χ4n) is 2.17. The number of ether oxygens (including phenoxy) is 2. The number of rotatable bonds is 4. The van der Waals surface area contributed by atoms with Gasteiger partial charge >= 0.3 is 0 Å². The van der Waals surface area contributed by atoms with Crippen LogP contribution in [0, 0.1) is 0 Å². The number of nitrogens with zero attached hydrogens (tertiary/aromatic N) is 2. The van der Waals surface area contributed by atoms with E-state index >= 15 is 0 Å². The molecule has 3 rings (SSSR count). The average Bonchev–Trinajstić information content (AvgIpc) is 2.60. The quantitative estimate of drug-likeness (QED) is 0.733. The molecule has 3 aromatic rings. The molecule has 0 fully saturated rings. The largest absolute Gasteiger partial charge is 0.497 e. The lowest BCUT2D eigenvalue weighted by Gasteiger charge is -2.09. The Kier molecular flexibility index (Phi) is 4.48. The minimum absolute atomic E-state index is 0.332. The fraction of sp³-hybridized carbons (Fsp3) is 0.118. The van der Waals surface area contributed by atoms with E-state index in [1.807, 2.05) is 12.1 Å². The predicted molar refractivity (Wildman–Crippen MR) is 92.0 cm³/mol. The van der Waals surface area contributed by atoms with Gasteiger partial charge in [0, 0.05) is 17.0 Å². The molecule has 0 bridgehead atoms. The third kappa shape index (κ3) is 3.38. The first-order valence-corrected chi connectivity index (χ1v) is 7.44. The van der Waals surface area contributed by atoms with Crippen LogP contribution in [0.2, 0.25) is 5.15 Å². The number of aromatic nitrogens is 2. The minimum atomic E-state index is -0.332. The standard InChI is InChI=1S/C17H14ClN3O3/c1-23-12-7-11(8-13(9-12)24-2)17(22)21-15-6-4-10-3-5-14(18)19-16(10)20-15/h3-9H,1-2H3,(H,19,20,21,22). The summed E-state index contributed by atoms with van der Waals surface area (Å²) in [5.74, 6) is 1.10. The number of pyridine rings is 2. The Balaban J connectivity index is 1.89. The second kappa shape index (κ2) is 6.72. The Bertz CT molecular complexity index is 892. The normalized spacial score (nSPS) is 10.5. The molecule has 0 aliphatic rings. The molecular formula is C17H14ClN3O3. The summed E-state index contributed by atoms with van der Waals surface area (Å²) in [4.78, 5) is 20.9. The van der Waals surface area contributed by atoms with E-state index in [1.54, 1.807) is 30.3 Å². The van der Waals surface area contributed by atoms with Gasteiger partial charge in [-0.15, -0.1) is 0 Å². The van der Waals surface area contributed by atoms with Crippen molar-refractivity contribution >= 4 is 34.4 Å². The first kappa shape index (κ1) is 16.0. The van der Waals surface area contributed by atoms with Crippen molar-refractivity contribution in [3.05, 3.63) is 53.2 Å². The highest BCUT2D eigenvalue weighted by Gasteiger charge is 2.11. The van der Waals surface area contributed by atoms with E-state index in [4.69, 9.17) is 21.1 Å². The van der Waals surface area contributed by atoms with Crippen molar-refractivity contribution in [1.82, 2.24) is 9.97 Å². The number of fused-ring (bicyclic) bond motifs is 1. The number of anilines is 1. The summed E-state index contributed by atoms with van der Waals surface area (Å²) in [6.07, 6.45) is 0. The van der Waals surface area contributed by atoms with E-state index in [2.05, 4.69) is 15.3 Å². The maximum atomic E-state index is 12.4. The highest BCUT2D eigenvalue weighted by atomic mass is 35.5. The van der Waals surface area contributed by atoms with Crippen LogP contribution in [0.1, 0.15) is 10.4 Å². The molecule has 24 heavy (non-hydrogen) atoms. The van der Waals surface area contributed by atoms with Crippen LogP contribution >= 0.6 is 11.6 Å². The van der Waals surface area contributed by atoms with Crippen LogP contribution in [0.25, 0.3) is 11.0 Å². The third-order valence-corrected chi connectivity index (χ3v) is 3.58. The van der Waals surface area contributed by atoms with Crippen molar-refractivity contribution in [3.8, 4) is 11.5 Å². The molecule has 1 aromatic carbocycles. The number of benzene rings is 1. The van der Waals surface area contributed by atoms with Gasteiger partial charge in [-0.25, -0.2) is 9.97 Å². The molecule has 6 nitrogen and oxygen atoms in total. The molecule has 0 spiro atoms. The van der Waals surface area contributed by atoms with Crippen LogP contribution in [0.15, 0.2) is 42.5 Å². The molecule has 0 saturated carbocycles. The van der Waals surface area contributed by atoms with Gasteiger partial charge in [0.1, 0.15) is 22.5 Å². The topological polar surface area (TPSA) is 73.3 Å². The lowest BCUT2D eigenvalue weighted by molar-refractivity contribution is 0.102. The minimum Gasteiger partial charge on any atom is -0.497 e. The summed E-state index contributed by atoms with van der Waals surface area (Å²) >= 11 is 5.87. The lowest BCUT2D eigenvalue weighted by atomic mass is 10.2. The molecule has 0 unspecified atom stereocenters. The molecule has 0 aliphatic heterocycles. The molecular weight excluding hydrogens is 330 g/mol. The Morgan fingerprint density at radius 2 is 1.67 bits per heavy atom. The summed E-state index contributed by atoms with van der Waals surface area (Å²) in [5.41, 5.74) is 0.857. The second-order valence-corrected chi connectivity index (χ2v) is 5.32. The summed E-state index contributed by atoms with van der Waals surface area (Å²) < 4.78 is 10.3. The zero-order chi connectivity index (χ0) is 17.1. The number of carbonyl (C=O) groups excluding carboxylic acids is 1. The first-order valence-electron chi connectivity index (χ1n) is 7.07. The second-order valence-electron chi connectivity index (χ2n) is 4.93. The Hall–Kier alpha value is -2.86. The van der Waals surface area contributed by atoms with Gasteiger partial charge < -0.3 is 14.8 Å². The van der Waals surface area contributed by atoms with E-state index in [-0.39, 0.29) is 5.91 Å². The molecule has 7 heteroatoms. The van der Waals surface area contributed by atoms with Crippen molar-refractivity contribution in [2.45, 2.75) is 0 Å². The van der Waals surface area contributed by atoms with Gasteiger partial charge in [-0.2, -0.15) is 0 Å². The number of amides is 1. The van der Waals surface area contributed by atoms with Crippen LogP contribution in [-0.2, 0) is 0 Å². The van der Waals surface area contributed by atoms with Gasteiger partial charge in [0.15, 0.2) is 5.65 Å². The smallest absolute Gasteiger partial charge is 0.257 e. The zero-order valence-corrected chi connectivity index (χ0v) is 13.8. The summed E-state index contributed by atoms with van der Waals surface area (Å²) in [6.45, 7) is 0. The van der Waals surface area contributed by atoms with Gasteiger partial charge in [0.05, 0.1) is 14.2 Å². The van der Waals surface area contributed by atoms with E-state index in [0.29, 0.717) is 33.7 Å². The first-order chi connectivity index (χ1) is 11.6. The molecule has 2 heterocycles. The number of nitrogens with one attached hydrogen (secondary N) is 1. The highest BCUT2D eigenvalue weighted by molar-refractivity contribution is 6.29. The van der Waals surface area contributed by atoms with E-state index in [1.165, 1.54) is 14.2 Å². The van der Waals surface area contributed by atoms with Gasteiger partial charge in [0.2, 0.25) is 0 Å². The van der Waals surface area contributed by atoms with Crippen molar-refractivity contribution in [1.29, 1.82) is 0 Å². The van der Waals surface area contributed by atoms with Gasteiger partial charge in [-0.05, 0) is 36.4 Å². The van der Waals surface area contributed by atoms with Crippen LogP contribution < -0.4 is 14.8 Å². The number of hydrogen-bond donors (Lipinski definition) is 1. The van der Waals surface area contributed by atoms with Crippen LogP contribution in [0.4, 0.5) is 5.82 Å². The zero-order valence-electron chi connectivity index (χ0n) is 13.0. The Morgan fingerprint density at radius 1 is 1.00 bits per heavy atom. The van der Waals surface area contributed by atoms with Crippen molar-refractivity contribution in [2.75, 3.05) is 19.5 Å². The number of halogens is 1. The SMILES string of the molecule is COc1cc(OC)cc(C(=O)Nc2ccc3ccc(Cl)nc3n2)c1. The molecule has 0 aliphatic carbocycles. The molecule has 2 aromatic heterocycles. The van der Waals surface area contributed by atoms with Crippen molar-refractivity contribution in [2.24, 2.45) is 0 Å². The number of carbonyl (C=O) groups is 1. The van der Waals surface area contributed by atoms with Crippen molar-refractivity contribution in [3.63, 3.8) is 0 Å². The maximum absolute atomic E-state index is 12.4. The summed E-state index contributed by atoms with van der Waals surface area (Å²) in [6, 6.07) is 11.9. The molecule has 0 radical (unpaired) electrons. The number of methoxy groups -OCH3 is 2. The Morgan fingerprint density at radius 3 is 2.33 bits per heavy atom. The third-order valence-electron chi connectivity index (χ3n) is 3.37. The average molecular weight is 344 g/mol. The summed E-state index contributed by atoms with van der Waals surface area (Å²) in [5, 5.41) is 3.91. The molecule has 122 valence electrons. The molecule has 0 atom stereocenters. The molecule has 1 N–H and O–H groups in total. The lowest BCUT2D eigenvalue weighted by Crippen LogP contribution is -2.13. The van der Waals surface area contributed by atoms with Crippen LogP contribution in [0.3, 0.4) is 0 Å². The molecule has 1 amide bonds. The van der Waals surface area contributed by atoms with Crippen LogP contribution in [0.5, 0.6) is 11.5 Å². The number of hydrogen-bond acceptors (Lipinski definition) is 5. The van der Waals surface area contributed by atoms with E-state index < -0.39 is 0 Å². The Labute approximate surface area is 143 Å². The summed E-state index contributed by atoms with van der Waals surface area (Å²) in [7, 11) is 3.05. The van der Waals surface area contributed by atoms with E-state index in [0.717, 1.165) is 5.39 Å². The van der Waals surface area contributed by atoms with Gasteiger partial charge in [-0.1, -0.05) is 11.6 Å².